The molecule has 8 nitrogen and oxygen atoms in total. The number of amides is 1. The third kappa shape index (κ3) is 4.38. The van der Waals surface area contributed by atoms with Crippen molar-refractivity contribution in [2.75, 3.05) is 13.1 Å². The van der Waals surface area contributed by atoms with Gasteiger partial charge in [-0.25, -0.2) is 4.98 Å². The third-order valence-electron chi connectivity index (χ3n) is 6.85. The zero-order chi connectivity index (χ0) is 30.7. The molecule has 0 saturated heterocycles. The summed E-state index contributed by atoms with van der Waals surface area (Å²) < 4.78 is 33.2. The maximum absolute atomic E-state index is 14.3. The van der Waals surface area contributed by atoms with Gasteiger partial charge in [-0.15, -0.1) is 0 Å². The second kappa shape index (κ2) is 9.93. The summed E-state index contributed by atoms with van der Waals surface area (Å²) in [6, 6.07) is 17.7. The number of aliphatic hydroxyl groups excluding tert-OH is 1. The van der Waals surface area contributed by atoms with Crippen LogP contribution in [0.2, 0.25) is 5.02 Å². The number of nitrogens with zero attached hydrogens (tertiary/aromatic N) is 3. The van der Waals surface area contributed by atoms with Crippen LogP contribution in [0.3, 0.4) is 0 Å². The Hall–Kier alpha value is -3.61. The van der Waals surface area contributed by atoms with E-state index < -0.39 is 48.3 Å². The van der Waals surface area contributed by atoms with Crippen LogP contribution in [0, 0.1) is 16.7 Å². The maximum Gasteiger partial charge on any atom is 0.279 e. The van der Waals surface area contributed by atoms with Crippen molar-refractivity contribution in [3.8, 4) is 17.2 Å². The Morgan fingerprint density at radius 2 is 1.95 bits per heavy atom. The molecular formula is C29H26ClN3O5. The number of carbonyl (C=O) groups is 2. The normalized spacial score (nSPS) is 22.4. The van der Waals surface area contributed by atoms with Crippen LogP contribution in [0.25, 0.3) is 11.1 Å². The number of aliphatic hydroxyl groups is 2. The van der Waals surface area contributed by atoms with Crippen molar-refractivity contribution in [3.05, 3.63) is 88.2 Å². The van der Waals surface area contributed by atoms with Crippen molar-refractivity contribution in [3.63, 3.8) is 0 Å². The molecule has 38 heavy (non-hydrogen) atoms. The highest BCUT2D eigenvalue weighted by atomic mass is 35.5. The van der Waals surface area contributed by atoms with Crippen molar-refractivity contribution in [1.29, 1.82) is 5.26 Å². The monoisotopic (exact) mass is 535 g/mol. The molecule has 2 heterocycles. The Morgan fingerprint density at radius 3 is 2.58 bits per heavy atom. The average Bonchev–Trinajstić information content (AvgIpc) is 3.75. The van der Waals surface area contributed by atoms with Gasteiger partial charge in [0.2, 0.25) is 0 Å². The minimum atomic E-state index is -3.01. The van der Waals surface area contributed by atoms with Gasteiger partial charge in [-0.2, -0.15) is 10.3 Å². The van der Waals surface area contributed by atoms with Crippen LogP contribution < -0.4 is 0 Å². The first-order valence-corrected chi connectivity index (χ1v) is 12.3. The number of benzene rings is 2. The number of halogens is 1. The minimum absolute atomic E-state index is 0.00193. The molecule has 0 bridgehead atoms. The van der Waals surface area contributed by atoms with Crippen LogP contribution in [0.1, 0.15) is 52.6 Å². The Kier molecular flexibility index (Phi) is 5.58. The van der Waals surface area contributed by atoms with E-state index in [0.717, 1.165) is 0 Å². The molecule has 1 aliphatic carbocycles. The van der Waals surface area contributed by atoms with Gasteiger partial charge >= 0.3 is 0 Å². The lowest BCUT2D eigenvalue weighted by Gasteiger charge is -2.38. The molecule has 2 aromatic carbocycles. The number of rotatable bonds is 9. The lowest BCUT2D eigenvalue weighted by atomic mass is 9.79. The van der Waals surface area contributed by atoms with Gasteiger partial charge in [0.15, 0.2) is 11.3 Å². The topological polar surface area (TPSA) is 124 Å². The van der Waals surface area contributed by atoms with Crippen molar-refractivity contribution >= 4 is 23.3 Å². The second-order valence-electron chi connectivity index (χ2n) is 9.43. The van der Waals surface area contributed by atoms with Crippen molar-refractivity contribution in [2.24, 2.45) is 5.41 Å². The number of fused-ring (bicyclic) bond motifs is 1. The van der Waals surface area contributed by atoms with Gasteiger partial charge in [-0.3, -0.25) is 14.4 Å². The summed E-state index contributed by atoms with van der Waals surface area (Å²) in [6.45, 7) is -4.79. The molecule has 2 atom stereocenters. The van der Waals surface area contributed by atoms with Gasteiger partial charge in [-0.05, 0) is 55.2 Å². The lowest BCUT2D eigenvalue weighted by Crippen LogP contribution is -2.55. The number of Topliss-reactive ketones (excluding diaryl/α,β-unsaturated/α-hetero) is 1. The van der Waals surface area contributed by atoms with Gasteiger partial charge in [0.25, 0.3) is 5.91 Å². The lowest BCUT2D eigenvalue weighted by molar-refractivity contribution is -0.202. The molecule has 1 aromatic heterocycles. The maximum atomic E-state index is 14.3. The molecule has 2 N–H and O–H groups in total. The fourth-order valence-corrected chi connectivity index (χ4v) is 4.86. The van der Waals surface area contributed by atoms with E-state index in [0.29, 0.717) is 21.2 Å². The van der Waals surface area contributed by atoms with E-state index in [-0.39, 0.29) is 35.4 Å². The number of aromatic nitrogens is 1. The van der Waals surface area contributed by atoms with E-state index in [1.165, 1.54) is 31.2 Å². The molecule has 194 valence electrons. The smallest absolute Gasteiger partial charge is 0.279 e. The Bertz CT molecular complexity index is 1620. The first-order valence-electron chi connectivity index (χ1n) is 13.9. The number of ketones is 1. The summed E-state index contributed by atoms with van der Waals surface area (Å²) >= 11 is 6.07. The second-order valence-corrected chi connectivity index (χ2v) is 9.86. The number of hydrogen-bond donors (Lipinski definition) is 2. The molecule has 0 radical (unpaired) electrons. The molecule has 9 heteroatoms. The van der Waals surface area contributed by atoms with E-state index in [1.807, 2.05) is 6.07 Å². The molecule has 1 fully saturated rings. The standard InChI is InChI=1S/C29H26ClN3O5/c1-18(35)26(36)29(14-21-4-2-5-22(15-31)32-21)24-7-3-6-23(19-8-10-20(30)11-9-19)25(24)27(37)33(29)38-17-28(16-34)12-13-28/h2-11,18,34-35H,12-14,16-17H2,1H3/t18?,29-/m1/s1/i16D2,17D2. The van der Waals surface area contributed by atoms with Gasteiger partial charge in [0, 0.05) is 28.1 Å². The van der Waals surface area contributed by atoms with E-state index in [4.69, 9.17) is 21.9 Å². The highest BCUT2D eigenvalue weighted by Gasteiger charge is 2.59. The SMILES string of the molecule is [2H]C([2H])(O)C1(C([2H])([2H])ON2C(=O)c3c(-c4ccc(Cl)cc4)cccc3[C@]2(Cc2cccc(C#N)n2)C(=O)C(C)O)CC1. The van der Waals surface area contributed by atoms with Crippen molar-refractivity contribution < 1.29 is 30.1 Å². The molecule has 0 spiro atoms. The van der Waals surface area contributed by atoms with Crippen molar-refractivity contribution in [2.45, 2.75) is 37.8 Å². The highest BCUT2D eigenvalue weighted by Crippen LogP contribution is 2.49. The van der Waals surface area contributed by atoms with E-state index in [2.05, 4.69) is 4.98 Å². The summed E-state index contributed by atoms with van der Waals surface area (Å²) in [7, 11) is 0. The first kappa shape index (κ1) is 21.3. The summed E-state index contributed by atoms with van der Waals surface area (Å²) in [5.74, 6) is -1.83. The van der Waals surface area contributed by atoms with Gasteiger partial charge in [0.05, 0.1) is 24.2 Å². The zero-order valence-electron chi connectivity index (χ0n) is 24.3. The number of hydroxylamine groups is 2. The quantitative estimate of drug-likeness (QED) is 0.427. The Morgan fingerprint density at radius 1 is 1.24 bits per heavy atom. The zero-order valence-corrected chi connectivity index (χ0v) is 21.1. The molecule has 5 rings (SSSR count). The molecule has 1 amide bonds. The molecule has 1 aliphatic heterocycles. The number of nitriles is 1. The van der Waals surface area contributed by atoms with Gasteiger partial charge < -0.3 is 10.2 Å². The summed E-state index contributed by atoms with van der Waals surface area (Å²) in [4.78, 5) is 38.4. The van der Waals surface area contributed by atoms with Crippen LogP contribution in [0.15, 0.2) is 60.7 Å². The Balaban J connectivity index is 1.77. The molecule has 3 aromatic rings. The predicted octanol–water partition coefficient (Wildman–Crippen LogP) is 3.82. The minimum Gasteiger partial charge on any atom is -0.396 e. The van der Waals surface area contributed by atoms with Crippen LogP contribution in [0.5, 0.6) is 0 Å². The number of carbonyl (C=O) groups excluding carboxylic acids is 2. The Labute approximate surface area is 230 Å². The third-order valence-corrected chi connectivity index (χ3v) is 7.10. The van der Waals surface area contributed by atoms with Crippen LogP contribution in [0.4, 0.5) is 0 Å². The van der Waals surface area contributed by atoms with Crippen LogP contribution in [-0.4, -0.2) is 51.2 Å². The van der Waals surface area contributed by atoms with E-state index in [9.17, 15) is 25.1 Å². The molecule has 2 aliphatic rings. The fraction of sp³-hybridized carbons (Fsp3) is 0.310. The molecule has 1 saturated carbocycles. The van der Waals surface area contributed by atoms with E-state index in [1.54, 1.807) is 36.4 Å². The number of pyridine rings is 1. The van der Waals surface area contributed by atoms with Crippen LogP contribution in [-0.2, 0) is 21.6 Å². The summed E-state index contributed by atoms with van der Waals surface area (Å²) in [6.07, 6.45) is -2.25. The van der Waals surface area contributed by atoms with Crippen LogP contribution >= 0.6 is 11.6 Å². The summed E-state index contributed by atoms with van der Waals surface area (Å²) in [5, 5.41) is 31.3. The fourth-order valence-electron chi connectivity index (χ4n) is 4.73. The predicted molar refractivity (Wildman–Crippen MR) is 139 cm³/mol. The largest absolute Gasteiger partial charge is 0.396 e. The molecular weight excluding hydrogens is 506 g/mol. The highest BCUT2D eigenvalue weighted by molar-refractivity contribution is 6.30. The van der Waals surface area contributed by atoms with E-state index >= 15 is 0 Å². The average molecular weight is 536 g/mol. The summed E-state index contributed by atoms with van der Waals surface area (Å²) in [5.41, 5.74) is -2.97. The van der Waals surface area contributed by atoms with Gasteiger partial charge in [-0.1, -0.05) is 48.0 Å². The number of hydrogen-bond acceptors (Lipinski definition) is 7. The van der Waals surface area contributed by atoms with Gasteiger partial charge in [0.1, 0.15) is 17.9 Å². The van der Waals surface area contributed by atoms with Crippen molar-refractivity contribution in [1.82, 2.24) is 10.0 Å². The molecule has 1 unspecified atom stereocenters. The first-order chi connectivity index (χ1) is 19.7.